The Morgan fingerprint density at radius 3 is 1.93 bits per heavy atom. The predicted octanol–water partition coefficient (Wildman–Crippen LogP) is -1.37. The number of rotatable bonds is 4. The third-order valence-electron chi connectivity index (χ3n) is 7.66. The summed E-state index contributed by atoms with van der Waals surface area (Å²) >= 11 is 0. The average Bonchev–Trinajstić information content (AvgIpc) is 2.94. The van der Waals surface area contributed by atoms with Crippen LogP contribution in [0.5, 0.6) is 17.2 Å². The van der Waals surface area contributed by atoms with Crippen molar-refractivity contribution in [2.24, 2.45) is 0 Å². The second-order valence-electron chi connectivity index (χ2n) is 10.2. The summed E-state index contributed by atoms with van der Waals surface area (Å²) in [6.45, 7) is 0.540. The van der Waals surface area contributed by atoms with Gasteiger partial charge in [0.15, 0.2) is 11.0 Å². The Bertz CT molecular complexity index is 1480. The molecule has 0 amide bonds. The van der Waals surface area contributed by atoms with Gasteiger partial charge in [-0.15, -0.1) is 0 Å². The van der Waals surface area contributed by atoms with Gasteiger partial charge < -0.3 is 65.0 Å². The van der Waals surface area contributed by atoms with Crippen LogP contribution in [0.15, 0.2) is 39.5 Å². The zero-order valence-electron chi connectivity index (χ0n) is 21.5. The van der Waals surface area contributed by atoms with E-state index in [4.69, 9.17) is 13.9 Å². The lowest BCUT2D eigenvalue weighted by Crippen LogP contribution is -2.55. The Kier molecular flexibility index (Phi) is 7.71. The first kappa shape index (κ1) is 29.2. The van der Waals surface area contributed by atoms with E-state index in [2.05, 4.69) is 0 Å². The summed E-state index contributed by atoms with van der Waals surface area (Å²) in [4.78, 5) is 13.4. The quantitative estimate of drug-likeness (QED) is 0.172. The fourth-order valence-electron chi connectivity index (χ4n) is 5.34. The second kappa shape index (κ2) is 10.8. The Balaban J connectivity index is 1.82. The molecule has 14 heteroatoms. The first-order chi connectivity index (χ1) is 19.4. The standard InChI is InChI=1S/C27H30O14/c1-8-17(31)21(35)23(37)26(39-8)15-19(33)14-11(30)6-12(9-2-4-10(29)5-3-9)40-25(14)16(20(15)34)27-24(38)22(36)18(32)13(7-28)41-27/h2-6,8,13,17-18,21-24,26-29,31-38H,7H2,1H3/t8-,13+,17-,18-,21+,22-,23+,24+,26-,27-/m0/s1. The summed E-state index contributed by atoms with van der Waals surface area (Å²) in [5.74, 6) is -2.01. The normalized spacial score (nSPS) is 34.1. The molecule has 0 aliphatic carbocycles. The van der Waals surface area contributed by atoms with E-state index >= 15 is 0 Å². The summed E-state index contributed by atoms with van der Waals surface area (Å²) in [5.41, 5.74) is -2.20. The van der Waals surface area contributed by atoms with E-state index < -0.39 is 107 Å². The number of aliphatic hydroxyl groups excluding tert-OH is 7. The summed E-state index contributed by atoms with van der Waals surface area (Å²) < 4.78 is 17.2. The van der Waals surface area contributed by atoms with Gasteiger partial charge in [0, 0.05) is 11.6 Å². The maximum atomic E-state index is 13.4. The Hall–Kier alpha value is -3.31. The van der Waals surface area contributed by atoms with Crippen LogP contribution in [0.25, 0.3) is 22.3 Å². The molecule has 3 heterocycles. The molecule has 0 bridgehead atoms. The van der Waals surface area contributed by atoms with Gasteiger partial charge in [0.05, 0.1) is 23.8 Å². The van der Waals surface area contributed by atoms with Crippen molar-refractivity contribution in [3.05, 3.63) is 51.7 Å². The van der Waals surface area contributed by atoms with Crippen molar-refractivity contribution in [3.63, 3.8) is 0 Å². The van der Waals surface area contributed by atoms with Crippen LogP contribution in [0.1, 0.15) is 30.3 Å². The van der Waals surface area contributed by atoms with Crippen LogP contribution in [0, 0.1) is 0 Å². The monoisotopic (exact) mass is 578 g/mol. The Morgan fingerprint density at radius 2 is 1.32 bits per heavy atom. The van der Waals surface area contributed by atoms with Crippen LogP contribution in [0.4, 0.5) is 0 Å². The number of aliphatic hydroxyl groups is 7. The lowest BCUT2D eigenvalue weighted by molar-refractivity contribution is -0.232. The van der Waals surface area contributed by atoms with Gasteiger partial charge in [-0.2, -0.15) is 0 Å². The summed E-state index contributed by atoms with van der Waals surface area (Å²) in [6, 6.07) is 6.48. The van der Waals surface area contributed by atoms with Crippen molar-refractivity contribution in [2.45, 2.75) is 68.0 Å². The number of benzene rings is 2. The lowest BCUT2D eigenvalue weighted by atomic mass is 9.85. The SMILES string of the molecule is C[C@@H]1O[C@@H](c2c(O)c([C@@H]3O[C@H](CO)[C@H](O)[C@H](O)[C@H]3O)c3oc(-c4ccc(O)cc4)cc(=O)c3c2O)[C@H](O)[C@H](O)[C@H]1O. The predicted molar refractivity (Wildman–Crippen MR) is 137 cm³/mol. The molecular formula is C27H30O14. The molecule has 2 aromatic carbocycles. The van der Waals surface area contributed by atoms with Gasteiger partial charge in [0.2, 0.25) is 0 Å². The molecule has 2 fully saturated rings. The molecule has 41 heavy (non-hydrogen) atoms. The van der Waals surface area contributed by atoms with Crippen molar-refractivity contribution in [1.82, 2.24) is 0 Å². The number of hydrogen-bond donors (Lipinski definition) is 10. The van der Waals surface area contributed by atoms with Gasteiger partial charge in [-0.25, -0.2) is 0 Å². The number of fused-ring (bicyclic) bond motifs is 1. The molecular weight excluding hydrogens is 548 g/mol. The third kappa shape index (κ3) is 4.72. The van der Waals surface area contributed by atoms with Crippen LogP contribution < -0.4 is 5.43 Å². The van der Waals surface area contributed by atoms with Crippen molar-refractivity contribution in [1.29, 1.82) is 0 Å². The van der Waals surface area contributed by atoms with Gasteiger partial charge in [-0.3, -0.25) is 4.79 Å². The molecule has 2 saturated heterocycles. The van der Waals surface area contributed by atoms with E-state index in [0.29, 0.717) is 5.56 Å². The van der Waals surface area contributed by atoms with Crippen molar-refractivity contribution >= 4 is 11.0 Å². The molecule has 222 valence electrons. The highest BCUT2D eigenvalue weighted by Gasteiger charge is 2.49. The highest BCUT2D eigenvalue weighted by molar-refractivity contribution is 5.92. The fraction of sp³-hybridized carbons (Fsp3) is 0.444. The Labute approximate surface area is 231 Å². The van der Waals surface area contributed by atoms with Crippen LogP contribution in [0.3, 0.4) is 0 Å². The number of ether oxygens (including phenoxy) is 2. The number of phenols is 3. The van der Waals surface area contributed by atoms with Gasteiger partial charge in [-0.05, 0) is 31.2 Å². The second-order valence-corrected chi connectivity index (χ2v) is 10.2. The van der Waals surface area contributed by atoms with Crippen LogP contribution in [0.2, 0.25) is 0 Å². The molecule has 2 aliphatic rings. The molecule has 0 radical (unpaired) electrons. The molecule has 5 rings (SSSR count). The van der Waals surface area contributed by atoms with Gasteiger partial charge in [0.1, 0.15) is 83.3 Å². The van der Waals surface area contributed by atoms with Crippen molar-refractivity contribution in [2.75, 3.05) is 6.61 Å². The molecule has 0 spiro atoms. The molecule has 0 saturated carbocycles. The highest BCUT2D eigenvalue weighted by atomic mass is 16.5. The summed E-state index contributed by atoms with van der Waals surface area (Å²) in [6.07, 6.45) is -16.9. The van der Waals surface area contributed by atoms with Gasteiger partial charge in [0.25, 0.3) is 0 Å². The molecule has 14 nitrogen and oxygen atoms in total. The van der Waals surface area contributed by atoms with E-state index in [0.717, 1.165) is 6.07 Å². The van der Waals surface area contributed by atoms with Crippen molar-refractivity contribution in [3.8, 4) is 28.6 Å². The van der Waals surface area contributed by atoms with E-state index in [9.17, 15) is 55.9 Å². The molecule has 10 atom stereocenters. The van der Waals surface area contributed by atoms with Crippen LogP contribution in [-0.4, -0.2) is 107 Å². The van der Waals surface area contributed by atoms with E-state index in [-0.39, 0.29) is 11.5 Å². The van der Waals surface area contributed by atoms with E-state index in [1.165, 1.54) is 31.2 Å². The molecule has 3 aromatic rings. The minimum Gasteiger partial charge on any atom is -0.508 e. The maximum absolute atomic E-state index is 13.4. The zero-order valence-corrected chi connectivity index (χ0v) is 21.5. The highest BCUT2D eigenvalue weighted by Crippen LogP contribution is 2.50. The topological polar surface area (TPSA) is 251 Å². The summed E-state index contributed by atoms with van der Waals surface area (Å²) in [7, 11) is 0. The largest absolute Gasteiger partial charge is 0.508 e. The Morgan fingerprint density at radius 1 is 0.732 bits per heavy atom. The molecule has 1 aromatic heterocycles. The number of aromatic hydroxyl groups is 3. The lowest BCUT2D eigenvalue weighted by Gasteiger charge is -2.42. The van der Waals surface area contributed by atoms with Crippen molar-refractivity contribution < 1.29 is 65.0 Å². The van der Waals surface area contributed by atoms with E-state index in [1.54, 1.807) is 0 Å². The number of hydrogen-bond acceptors (Lipinski definition) is 14. The third-order valence-corrected chi connectivity index (χ3v) is 7.66. The average molecular weight is 579 g/mol. The maximum Gasteiger partial charge on any atom is 0.197 e. The minimum atomic E-state index is -1.97. The molecule has 10 N–H and O–H groups in total. The van der Waals surface area contributed by atoms with Crippen LogP contribution in [-0.2, 0) is 9.47 Å². The smallest absolute Gasteiger partial charge is 0.197 e. The zero-order chi connectivity index (χ0) is 29.9. The molecule has 0 unspecified atom stereocenters. The van der Waals surface area contributed by atoms with Gasteiger partial charge >= 0.3 is 0 Å². The first-order valence-corrected chi connectivity index (χ1v) is 12.7. The molecule has 2 aliphatic heterocycles. The van der Waals surface area contributed by atoms with Crippen LogP contribution >= 0.6 is 0 Å². The fourth-order valence-corrected chi connectivity index (χ4v) is 5.34. The summed E-state index contributed by atoms with van der Waals surface area (Å²) in [5, 5.41) is 104. The number of phenolic OH excluding ortho intramolecular Hbond substituents is 3. The van der Waals surface area contributed by atoms with E-state index in [1.807, 2.05) is 0 Å². The minimum absolute atomic E-state index is 0.0774. The van der Waals surface area contributed by atoms with Gasteiger partial charge in [-0.1, -0.05) is 0 Å². The first-order valence-electron chi connectivity index (χ1n) is 12.7.